The van der Waals surface area contributed by atoms with E-state index in [9.17, 15) is 9.90 Å². The van der Waals surface area contributed by atoms with Gasteiger partial charge in [0.1, 0.15) is 0 Å². The first-order valence-electron chi connectivity index (χ1n) is 9.98. The van der Waals surface area contributed by atoms with E-state index < -0.39 is 34.1 Å². The van der Waals surface area contributed by atoms with Gasteiger partial charge in [0, 0.05) is 6.61 Å². The summed E-state index contributed by atoms with van der Waals surface area (Å²) in [7, 11) is -4.01. The summed E-state index contributed by atoms with van der Waals surface area (Å²) in [6.45, 7) is 28.0. The average molecular weight is 417 g/mol. The van der Waals surface area contributed by atoms with Gasteiger partial charge in [-0.2, -0.15) is 0 Å². The van der Waals surface area contributed by atoms with Gasteiger partial charge in [0.25, 0.3) is 0 Å². The number of carboxylic acid groups (broad SMARTS) is 1. The van der Waals surface area contributed by atoms with Crippen molar-refractivity contribution in [2.24, 2.45) is 5.41 Å². The second-order valence-corrected chi connectivity index (χ2v) is 20.5. The van der Waals surface area contributed by atoms with Crippen molar-refractivity contribution in [3.63, 3.8) is 0 Å². The molecule has 0 unspecified atom stereocenters. The van der Waals surface area contributed by atoms with Crippen molar-refractivity contribution >= 4 is 22.6 Å². The van der Waals surface area contributed by atoms with Gasteiger partial charge < -0.3 is 14.0 Å². The highest BCUT2D eigenvalue weighted by Gasteiger charge is 2.47. The summed E-state index contributed by atoms with van der Waals surface area (Å²) in [5.41, 5.74) is -1.01. The smallest absolute Gasteiger partial charge is 0.312 e. The van der Waals surface area contributed by atoms with Crippen molar-refractivity contribution in [3.8, 4) is 0 Å². The second-order valence-electron chi connectivity index (χ2n) is 11.0. The Morgan fingerprint density at radius 3 is 1.78 bits per heavy atom. The summed E-state index contributed by atoms with van der Waals surface area (Å²) >= 11 is 0. The monoisotopic (exact) mass is 416 g/mol. The molecule has 0 amide bonds. The van der Waals surface area contributed by atoms with E-state index in [1.165, 1.54) is 0 Å². The zero-order valence-corrected chi connectivity index (χ0v) is 21.7. The molecule has 6 heteroatoms. The van der Waals surface area contributed by atoms with Crippen LogP contribution < -0.4 is 0 Å². The molecule has 0 aliphatic rings. The Labute approximate surface area is 170 Å². The van der Waals surface area contributed by atoms with Crippen LogP contribution in [0.1, 0.15) is 61.3 Å². The summed E-state index contributed by atoms with van der Waals surface area (Å²) in [5, 5.41) is 10.1. The van der Waals surface area contributed by atoms with Gasteiger partial charge in [0.15, 0.2) is 16.6 Å². The van der Waals surface area contributed by atoms with Crippen molar-refractivity contribution < 1.29 is 18.8 Å². The SMILES string of the molecule is C=CC[C@@](C)(C(=O)O)[C@H](CCO[Si](C)(C)C(C)(C)C)O[Si](C)(C)C(C)(C)C. The normalized spacial score (nSPS) is 17.3. The summed E-state index contributed by atoms with van der Waals surface area (Å²) in [6, 6.07) is 0. The van der Waals surface area contributed by atoms with Crippen LogP contribution in [-0.4, -0.2) is 40.4 Å². The number of carboxylic acids is 1. The van der Waals surface area contributed by atoms with E-state index >= 15 is 0 Å². The fourth-order valence-electron chi connectivity index (χ4n) is 2.33. The molecule has 2 atom stereocenters. The predicted octanol–water partition coefficient (Wildman–Crippen LogP) is 6.46. The van der Waals surface area contributed by atoms with Crippen molar-refractivity contribution in [1.82, 2.24) is 0 Å². The van der Waals surface area contributed by atoms with E-state index in [0.29, 0.717) is 19.4 Å². The van der Waals surface area contributed by atoms with Gasteiger partial charge in [-0.25, -0.2) is 0 Å². The number of rotatable bonds is 10. The van der Waals surface area contributed by atoms with E-state index in [4.69, 9.17) is 8.85 Å². The summed E-state index contributed by atoms with van der Waals surface area (Å²) in [4.78, 5) is 12.2. The quantitative estimate of drug-likeness (QED) is 0.328. The molecule has 0 saturated carbocycles. The average Bonchev–Trinajstić information content (AvgIpc) is 2.43. The standard InChI is InChI=1S/C21H44O4Si2/c1-13-15-21(8,18(22)23)17(25-27(11,12)20(5,6)7)14-16-24-26(9,10)19(2,3)4/h13,17H,1,14-16H2,2-12H3,(H,22,23)/t17-,21+/m0/s1. The molecule has 0 aromatic heterocycles. The first-order valence-corrected chi connectivity index (χ1v) is 15.8. The van der Waals surface area contributed by atoms with Crippen LogP contribution in [0.4, 0.5) is 0 Å². The Kier molecular flexibility index (Phi) is 8.78. The Bertz CT molecular complexity index is 515. The maximum atomic E-state index is 12.2. The van der Waals surface area contributed by atoms with Crippen LogP contribution in [-0.2, 0) is 13.6 Å². The van der Waals surface area contributed by atoms with Gasteiger partial charge in [-0.15, -0.1) is 6.58 Å². The lowest BCUT2D eigenvalue weighted by Gasteiger charge is -2.44. The van der Waals surface area contributed by atoms with Crippen LogP contribution in [0.25, 0.3) is 0 Å². The lowest BCUT2D eigenvalue weighted by Crippen LogP contribution is -2.51. The second kappa shape index (κ2) is 8.93. The molecule has 160 valence electrons. The number of aliphatic carboxylic acids is 1. The molecule has 1 N–H and O–H groups in total. The first-order chi connectivity index (χ1) is 11.8. The molecule has 0 saturated heterocycles. The minimum absolute atomic E-state index is 0.0130. The Hall–Kier alpha value is -0.436. The van der Waals surface area contributed by atoms with E-state index in [-0.39, 0.29) is 10.1 Å². The first kappa shape index (κ1) is 26.6. The highest BCUT2D eigenvalue weighted by atomic mass is 28.4. The van der Waals surface area contributed by atoms with Gasteiger partial charge in [-0.05, 0) is 56.0 Å². The molecule has 0 bridgehead atoms. The predicted molar refractivity (Wildman–Crippen MR) is 120 cm³/mol. The number of allylic oxidation sites excluding steroid dienone is 1. The highest BCUT2D eigenvalue weighted by molar-refractivity contribution is 6.74. The van der Waals surface area contributed by atoms with E-state index in [1.807, 2.05) is 0 Å². The molecule has 0 spiro atoms. The lowest BCUT2D eigenvalue weighted by molar-refractivity contribution is -0.154. The lowest BCUT2D eigenvalue weighted by atomic mass is 9.80. The zero-order chi connectivity index (χ0) is 21.9. The Morgan fingerprint density at radius 1 is 1.00 bits per heavy atom. The van der Waals surface area contributed by atoms with Crippen LogP contribution in [0, 0.1) is 5.41 Å². The topological polar surface area (TPSA) is 55.8 Å². The number of hydrogen-bond donors (Lipinski definition) is 1. The maximum absolute atomic E-state index is 12.2. The molecule has 0 rings (SSSR count). The van der Waals surface area contributed by atoms with Crippen molar-refractivity contribution in [3.05, 3.63) is 12.7 Å². The largest absolute Gasteiger partial charge is 0.481 e. The molecule has 0 radical (unpaired) electrons. The van der Waals surface area contributed by atoms with Gasteiger partial charge in [0.2, 0.25) is 0 Å². The zero-order valence-electron chi connectivity index (χ0n) is 19.7. The minimum atomic E-state index is -2.13. The molecule has 27 heavy (non-hydrogen) atoms. The molecule has 0 aromatic carbocycles. The Balaban J connectivity index is 5.62. The Morgan fingerprint density at radius 2 is 1.44 bits per heavy atom. The molecular weight excluding hydrogens is 372 g/mol. The van der Waals surface area contributed by atoms with Crippen LogP contribution in [0.15, 0.2) is 12.7 Å². The number of hydrogen-bond acceptors (Lipinski definition) is 3. The highest BCUT2D eigenvalue weighted by Crippen LogP contribution is 2.42. The summed E-state index contributed by atoms with van der Waals surface area (Å²) in [5.74, 6) is -0.835. The molecule has 0 fully saturated rings. The molecule has 0 aliphatic heterocycles. The minimum Gasteiger partial charge on any atom is -0.481 e. The van der Waals surface area contributed by atoms with Crippen molar-refractivity contribution in [2.45, 2.75) is 104 Å². The third-order valence-corrected chi connectivity index (χ3v) is 15.7. The fourth-order valence-corrected chi connectivity index (χ4v) is 4.84. The van der Waals surface area contributed by atoms with Crippen LogP contribution >= 0.6 is 0 Å². The maximum Gasteiger partial charge on any atom is 0.312 e. The molecular formula is C21H44O4Si2. The van der Waals surface area contributed by atoms with Crippen LogP contribution in [0.3, 0.4) is 0 Å². The summed E-state index contributed by atoms with van der Waals surface area (Å²) in [6.07, 6.45) is 2.24. The van der Waals surface area contributed by atoms with Crippen LogP contribution in [0.2, 0.25) is 36.3 Å². The molecule has 0 aromatic rings. The molecule has 0 heterocycles. The van der Waals surface area contributed by atoms with Gasteiger partial charge >= 0.3 is 5.97 Å². The number of carbonyl (C=O) groups is 1. The molecule has 0 aliphatic carbocycles. The third-order valence-electron chi connectivity index (χ3n) is 6.66. The van der Waals surface area contributed by atoms with E-state index in [0.717, 1.165) is 0 Å². The summed E-state index contributed by atoms with van der Waals surface area (Å²) < 4.78 is 13.0. The van der Waals surface area contributed by atoms with Gasteiger partial charge in [0.05, 0.1) is 11.5 Å². The third kappa shape index (κ3) is 6.84. The van der Waals surface area contributed by atoms with E-state index in [2.05, 4.69) is 74.3 Å². The fraction of sp³-hybridized carbons (Fsp3) is 0.857. The van der Waals surface area contributed by atoms with Crippen molar-refractivity contribution in [1.29, 1.82) is 0 Å². The van der Waals surface area contributed by atoms with Crippen LogP contribution in [0.5, 0.6) is 0 Å². The van der Waals surface area contributed by atoms with E-state index in [1.54, 1.807) is 13.0 Å². The molecule has 4 nitrogen and oxygen atoms in total. The van der Waals surface area contributed by atoms with Gasteiger partial charge in [-0.1, -0.05) is 47.6 Å². The van der Waals surface area contributed by atoms with Gasteiger partial charge in [-0.3, -0.25) is 4.79 Å². The van der Waals surface area contributed by atoms with Crippen molar-refractivity contribution in [2.75, 3.05) is 6.61 Å².